The number of nitrogens with one attached hydrogen (secondary N) is 1. The van der Waals surface area contributed by atoms with E-state index in [0.29, 0.717) is 13.1 Å². The highest BCUT2D eigenvalue weighted by Crippen LogP contribution is 2.15. The van der Waals surface area contributed by atoms with Crippen molar-refractivity contribution in [3.63, 3.8) is 0 Å². The highest BCUT2D eigenvalue weighted by Gasteiger charge is 2.31. The molecule has 1 heterocycles. The van der Waals surface area contributed by atoms with Crippen molar-refractivity contribution in [3.8, 4) is 0 Å². The molecule has 1 aromatic carbocycles. The molecule has 1 amide bonds. The van der Waals surface area contributed by atoms with Crippen LogP contribution in [0.25, 0.3) is 0 Å². The molecule has 1 atom stereocenters. The minimum absolute atomic E-state index is 0.548. The number of rotatable bonds is 5. The van der Waals surface area contributed by atoms with Gasteiger partial charge >= 0.3 is 6.18 Å². The lowest BCUT2D eigenvalue weighted by Crippen LogP contribution is -2.54. The second-order valence-electron chi connectivity index (χ2n) is 6.25. The van der Waals surface area contributed by atoms with E-state index in [1.165, 1.54) is 11.1 Å². The predicted molar refractivity (Wildman–Crippen MR) is 86.6 cm³/mol. The molecule has 7 heteroatoms. The lowest BCUT2D eigenvalue weighted by molar-refractivity contribution is -0.141. The molecule has 0 spiro atoms. The van der Waals surface area contributed by atoms with Crippen LogP contribution in [0.3, 0.4) is 0 Å². The molecule has 1 N–H and O–H groups in total. The van der Waals surface area contributed by atoms with E-state index >= 15 is 0 Å². The molecule has 2 rings (SSSR count). The molecule has 1 aliphatic rings. The van der Waals surface area contributed by atoms with E-state index in [1.54, 1.807) is 6.92 Å². The maximum absolute atomic E-state index is 12.2. The molecule has 1 fully saturated rings. The van der Waals surface area contributed by atoms with Gasteiger partial charge in [-0.3, -0.25) is 14.6 Å². The standard InChI is InChI=1S/C17H24F3N3O/c1-13-5-3-4-6-15(13)11-22-7-9-23(10-8-22)14(2)16(24)21-12-17(18,19)20/h3-6,14H,7-12H2,1-2H3,(H,21,24). The van der Waals surface area contributed by atoms with E-state index in [0.717, 1.165) is 19.6 Å². The number of hydrogen-bond donors (Lipinski definition) is 1. The molecule has 4 nitrogen and oxygen atoms in total. The van der Waals surface area contributed by atoms with Crippen molar-refractivity contribution in [2.45, 2.75) is 32.6 Å². The van der Waals surface area contributed by atoms with Crippen molar-refractivity contribution >= 4 is 5.91 Å². The molecule has 24 heavy (non-hydrogen) atoms. The molecule has 1 aromatic rings. The summed E-state index contributed by atoms with van der Waals surface area (Å²) in [5.74, 6) is -0.570. The third-order valence-corrected chi connectivity index (χ3v) is 4.45. The van der Waals surface area contributed by atoms with Gasteiger partial charge in [0.15, 0.2) is 0 Å². The zero-order chi connectivity index (χ0) is 17.7. The first-order chi connectivity index (χ1) is 11.3. The Hall–Kier alpha value is -1.60. The van der Waals surface area contributed by atoms with Crippen LogP contribution < -0.4 is 5.32 Å². The number of benzene rings is 1. The highest BCUT2D eigenvalue weighted by molar-refractivity contribution is 5.81. The number of carbonyl (C=O) groups excluding carboxylic acids is 1. The number of halogens is 3. The average molecular weight is 343 g/mol. The van der Waals surface area contributed by atoms with Gasteiger partial charge in [-0.05, 0) is 25.0 Å². The Morgan fingerprint density at radius 1 is 1.21 bits per heavy atom. The molecule has 0 bridgehead atoms. The summed E-state index contributed by atoms with van der Waals surface area (Å²) in [7, 11) is 0. The first-order valence-electron chi connectivity index (χ1n) is 8.11. The van der Waals surface area contributed by atoms with Gasteiger partial charge in [-0.2, -0.15) is 13.2 Å². The Morgan fingerprint density at radius 2 is 1.83 bits per heavy atom. The van der Waals surface area contributed by atoms with Crippen LogP contribution in [0.5, 0.6) is 0 Å². The number of alkyl halides is 3. The van der Waals surface area contributed by atoms with Crippen molar-refractivity contribution in [3.05, 3.63) is 35.4 Å². The molecule has 1 aliphatic heterocycles. The maximum atomic E-state index is 12.2. The van der Waals surface area contributed by atoms with Gasteiger partial charge in [-0.1, -0.05) is 24.3 Å². The summed E-state index contributed by atoms with van der Waals surface area (Å²) in [5, 5.41) is 1.96. The van der Waals surface area contributed by atoms with Crippen LogP contribution in [-0.4, -0.2) is 60.6 Å². The van der Waals surface area contributed by atoms with Crippen LogP contribution in [0.1, 0.15) is 18.1 Å². The number of aryl methyl sites for hydroxylation is 1. The second-order valence-corrected chi connectivity index (χ2v) is 6.25. The summed E-state index contributed by atoms with van der Waals surface area (Å²) in [5.41, 5.74) is 2.53. The number of piperazine rings is 1. The summed E-state index contributed by atoms with van der Waals surface area (Å²) in [4.78, 5) is 16.1. The molecule has 1 unspecified atom stereocenters. The Labute approximate surface area is 140 Å². The summed E-state index contributed by atoms with van der Waals surface area (Å²) in [6.45, 7) is 6.26. The van der Waals surface area contributed by atoms with Crippen LogP contribution in [0.4, 0.5) is 13.2 Å². The van der Waals surface area contributed by atoms with Gasteiger partial charge < -0.3 is 5.32 Å². The quantitative estimate of drug-likeness (QED) is 0.890. The van der Waals surface area contributed by atoms with Crippen LogP contribution >= 0.6 is 0 Å². The highest BCUT2D eigenvalue weighted by atomic mass is 19.4. The fourth-order valence-electron chi connectivity index (χ4n) is 2.84. The van der Waals surface area contributed by atoms with Crippen molar-refractivity contribution in [2.24, 2.45) is 0 Å². The lowest BCUT2D eigenvalue weighted by Gasteiger charge is -2.37. The third-order valence-electron chi connectivity index (χ3n) is 4.45. The van der Waals surface area contributed by atoms with E-state index in [4.69, 9.17) is 0 Å². The van der Waals surface area contributed by atoms with Gasteiger partial charge in [0.05, 0.1) is 6.04 Å². The fraction of sp³-hybridized carbons (Fsp3) is 0.588. The molecule has 0 saturated carbocycles. The molecular weight excluding hydrogens is 319 g/mol. The zero-order valence-electron chi connectivity index (χ0n) is 14.1. The van der Waals surface area contributed by atoms with Crippen molar-refractivity contribution in [1.29, 1.82) is 0 Å². The summed E-state index contributed by atoms with van der Waals surface area (Å²) in [6.07, 6.45) is -4.37. The van der Waals surface area contributed by atoms with E-state index in [-0.39, 0.29) is 0 Å². The van der Waals surface area contributed by atoms with Crippen molar-refractivity contribution in [2.75, 3.05) is 32.7 Å². The van der Waals surface area contributed by atoms with Crippen LogP contribution in [0.15, 0.2) is 24.3 Å². The SMILES string of the molecule is Cc1ccccc1CN1CCN(C(C)C(=O)NCC(F)(F)F)CC1. The first-order valence-corrected chi connectivity index (χ1v) is 8.11. The molecule has 0 radical (unpaired) electrons. The van der Waals surface area contributed by atoms with Gasteiger partial charge in [0.25, 0.3) is 0 Å². The monoisotopic (exact) mass is 343 g/mol. The van der Waals surface area contributed by atoms with Crippen molar-refractivity contribution in [1.82, 2.24) is 15.1 Å². The van der Waals surface area contributed by atoms with Gasteiger partial charge in [0.2, 0.25) is 5.91 Å². The number of carbonyl (C=O) groups is 1. The average Bonchev–Trinajstić information content (AvgIpc) is 2.54. The van der Waals surface area contributed by atoms with E-state index in [9.17, 15) is 18.0 Å². The molecule has 0 aromatic heterocycles. The van der Waals surface area contributed by atoms with Crippen LogP contribution in [0, 0.1) is 6.92 Å². The van der Waals surface area contributed by atoms with Crippen molar-refractivity contribution < 1.29 is 18.0 Å². The van der Waals surface area contributed by atoms with E-state index in [1.807, 2.05) is 22.3 Å². The minimum atomic E-state index is -4.37. The van der Waals surface area contributed by atoms with Gasteiger partial charge in [0, 0.05) is 32.7 Å². The second kappa shape index (κ2) is 7.98. The van der Waals surface area contributed by atoms with Gasteiger partial charge in [0.1, 0.15) is 6.54 Å². The van der Waals surface area contributed by atoms with Gasteiger partial charge in [-0.15, -0.1) is 0 Å². The summed E-state index contributed by atoms with van der Waals surface area (Å²) >= 11 is 0. The maximum Gasteiger partial charge on any atom is 0.405 e. The Balaban J connectivity index is 1.79. The number of hydrogen-bond acceptors (Lipinski definition) is 3. The lowest BCUT2D eigenvalue weighted by atomic mass is 10.1. The van der Waals surface area contributed by atoms with E-state index in [2.05, 4.69) is 24.0 Å². The summed E-state index contributed by atoms with van der Waals surface area (Å²) < 4.78 is 36.5. The van der Waals surface area contributed by atoms with Crippen LogP contribution in [-0.2, 0) is 11.3 Å². The molecule has 1 saturated heterocycles. The summed E-state index contributed by atoms with van der Waals surface area (Å²) in [6, 6.07) is 7.67. The molecule has 0 aliphatic carbocycles. The van der Waals surface area contributed by atoms with Gasteiger partial charge in [-0.25, -0.2) is 0 Å². The molecular formula is C17H24F3N3O. The largest absolute Gasteiger partial charge is 0.405 e. The number of amides is 1. The van der Waals surface area contributed by atoms with Crippen LogP contribution in [0.2, 0.25) is 0 Å². The number of nitrogens with zero attached hydrogens (tertiary/aromatic N) is 2. The zero-order valence-corrected chi connectivity index (χ0v) is 14.1. The minimum Gasteiger partial charge on any atom is -0.346 e. The molecule has 134 valence electrons. The smallest absolute Gasteiger partial charge is 0.346 e. The predicted octanol–water partition coefficient (Wildman–Crippen LogP) is 2.18. The Kier molecular flexibility index (Phi) is 6.23. The normalized spacial score (nSPS) is 18.4. The first kappa shape index (κ1) is 18.7. The topological polar surface area (TPSA) is 35.6 Å². The Bertz CT molecular complexity index is 554. The Morgan fingerprint density at radius 3 is 2.42 bits per heavy atom. The third kappa shape index (κ3) is 5.49. The fourth-order valence-corrected chi connectivity index (χ4v) is 2.84. The van der Waals surface area contributed by atoms with E-state index < -0.39 is 24.7 Å².